The van der Waals surface area contributed by atoms with E-state index in [0.29, 0.717) is 16.7 Å². The SMILES string of the molecule is CC(C)C(CCCl)Nc1ccc(S(=O)(=O)N(C)C)cc1. The number of sulfonamides is 1. The van der Waals surface area contributed by atoms with Gasteiger partial charge in [-0.1, -0.05) is 13.8 Å². The summed E-state index contributed by atoms with van der Waals surface area (Å²) in [5, 5.41) is 3.39. The Labute approximate surface area is 127 Å². The van der Waals surface area contributed by atoms with Gasteiger partial charge in [-0.3, -0.25) is 0 Å². The highest BCUT2D eigenvalue weighted by molar-refractivity contribution is 7.89. The molecule has 0 fully saturated rings. The molecule has 1 rings (SSSR count). The molecule has 114 valence electrons. The Morgan fingerprint density at radius 3 is 2.15 bits per heavy atom. The molecule has 0 radical (unpaired) electrons. The van der Waals surface area contributed by atoms with Gasteiger partial charge in [-0.25, -0.2) is 12.7 Å². The Hall–Kier alpha value is -0.780. The minimum Gasteiger partial charge on any atom is -0.382 e. The van der Waals surface area contributed by atoms with Crippen LogP contribution in [0.1, 0.15) is 20.3 Å². The molecule has 0 aromatic heterocycles. The molecule has 0 saturated carbocycles. The molecule has 1 N–H and O–H groups in total. The van der Waals surface area contributed by atoms with Crippen molar-refractivity contribution in [3.05, 3.63) is 24.3 Å². The number of alkyl halides is 1. The van der Waals surface area contributed by atoms with Crippen LogP contribution in [-0.2, 0) is 10.0 Å². The minimum atomic E-state index is -3.36. The number of nitrogens with zero attached hydrogens (tertiary/aromatic N) is 1. The van der Waals surface area contributed by atoms with E-state index in [1.807, 2.05) is 0 Å². The van der Waals surface area contributed by atoms with Crippen LogP contribution in [0.25, 0.3) is 0 Å². The van der Waals surface area contributed by atoms with Gasteiger partial charge in [0.1, 0.15) is 0 Å². The Balaban J connectivity index is 2.86. The number of rotatable bonds is 7. The normalized spacial score (nSPS) is 13.8. The van der Waals surface area contributed by atoms with Crippen LogP contribution in [0.2, 0.25) is 0 Å². The lowest BCUT2D eigenvalue weighted by Gasteiger charge is -2.23. The van der Waals surface area contributed by atoms with Gasteiger partial charge in [0, 0.05) is 31.7 Å². The summed E-state index contributed by atoms with van der Waals surface area (Å²) in [7, 11) is -0.315. The number of hydrogen-bond donors (Lipinski definition) is 1. The summed E-state index contributed by atoms with van der Waals surface area (Å²) in [4.78, 5) is 0.298. The second-order valence-electron chi connectivity index (χ2n) is 5.28. The van der Waals surface area contributed by atoms with Crippen molar-refractivity contribution in [3.8, 4) is 0 Å². The average molecular weight is 319 g/mol. The Morgan fingerprint density at radius 1 is 1.20 bits per heavy atom. The summed E-state index contributed by atoms with van der Waals surface area (Å²) in [6.45, 7) is 4.27. The van der Waals surface area contributed by atoms with Crippen molar-refractivity contribution in [2.24, 2.45) is 5.92 Å². The lowest BCUT2D eigenvalue weighted by molar-refractivity contribution is 0.513. The van der Waals surface area contributed by atoms with E-state index in [4.69, 9.17) is 11.6 Å². The Morgan fingerprint density at radius 2 is 1.75 bits per heavy atom. The van der Waals surface area contributed by atoms with Gasteiger partial charge < -0.3 is 5.32 Å². The maximum absolute atomic E-state index is 12.0. The third-order valence-electron chi connectivity index (χ3n) is 3.21. The van der Waals surface area contributed by atoms with Crippen molar-refractivity contribution in [3.63, 3.8) is 0 Å². The molecule has 0 amide bonds. The van der Waals surface area contributed by atoms with Crippen molar-refractivity contribution in [1.82, 2.24) is 4.31 Å². The molecule has 0 aliphatic carbocycles. The zero-order valence-corrected chi connectivity index (χ0v) is 14.0. The first-order valence-corrected chi connectivity index (χ1v) is 8.61. The summed E-state index contributed by atoms with van der Waals surface area (Å²) >= 11 is 5.80. The molecule has 0 aliphatic rings. The van der Waals surface area contributed by atoms with E-state index in [0.717, 1.165) is 12.1 Å². The summed E-state index contributed by atoms with van der Waals surface area (Å²) in [5.41, 5.74) is 0.909. The predicted octanol–water partition coefficient (Wildman–Crippen LogP) is 3.00. The number of hydrogen-bond acceptors (Lipinski definition) is 3. The van der Waals surface area contributed by atoms with Crippen LogP contribution in [0, 0.1) is 5.92 Å². The minimum absolute atomic E-state index is 0.281. The molecule has 20 heavy (non-hydrogen) atoms. The second kappa shape index (κ2) is 7.29. The first-order valence-electron chi connectivity index (χ1n) is 6.64. The molecule has 0 spiro atoms. The van der Waals surface area contributed by atoms with E-state index in [9.17, 15) is 8.42 Å². The molecule has 1 aromatic rings. The van der Waals surface area contributed by atoms with E-state index in [1.54, 1.807) is 24.3 Å². The maximum atomic E-state index is 12.0. The van der Waals surface area contributed by atoms with Crippen LogP contribution in [0.15, 0.2) is 29.2 Å². The summed E-state index contributed by atoms with van der Waals surface area (Å²) in [6, 6.07) is 7.11. The molecular formula is C14H23ClN2O2S. The van der Waals surface area contributed by atoms with Crippen LogP contribution in [0.3, 0.4) is 0 Å². The molecule has 1 aromatic carbocycles. The lowest BCUT2D eigenvalue weighted by atomic mass is 10.0. The van der Waals surface area contributed by atoms with Gasteiger partial charge in [-0.2, -0.15) is 0 Å². The number of nitrogens with one attached hydrogen (secondary N) is 1. The summed E-state index contributed by atoms with van der Waals surface area (Å²) < 4.78 is 25.1. The van der Waals surface area contributed by atoms with Gasteiger partial charge in [0.2, 0.25) is 10.0 Å². The first kappa shape index (κ1) is 17.3. The fourth-order valence-corrected chi connectivity index (χ4v) is 2.97. The maximum Gasteiger partial charge on any atom is 0.242 e. The van der Waals surface area contributed by atoms with Gasteiger partial charge >= 0.3 is 0 Å². The Kier molecular flexibility index (Phi) is 6.30. The molecule has 1 atom stereocenters. The Bertz CT molecular complexity index is 512. The number of anilines is 1. The largest absolute Gasteiger partial charge is 0.382 e. The van der Waals surface area contributed by atoms with Gasteiger partial charge in [0.05, 0.1) is 4.90 Å². The van der Waals surface area contributed by atoms with Crippen molar-refractivity contribution in [2.75, 3.05) is 25.3 Å². The van der Waals surface area contributed by atoms with Gasteiger partial charge in [-0.15, -0.1) is 11.6 Å². The monoisotopic (exact) mass is 318 g/mol. The van der Waals surface area contributed by atoms with E-state index < -0.39 is 10.0 Å². The second-order valence-corrected chi connectivity index (χ2v) is 7.81. The van der Waals surface area contributed by atoms with Gasteiger partial charge in [0.25, 0.3) is 0 Å². The van der Waals surface area contributed by atoms with Crippen molar-refractivity contribution in [2.45, 2.75) is 31.2 Å². The highest BCUT2D eigenvalue weighted by Crippen LogP contribution is 2.19. The molecule has 0 saturated heterocycles. The van der Waals surface area contributed by atoms with E-state index in [1.165, 1.54) is 18.4 Å². The topological polar surface area (TPSA) is 49.4 Å². The molecule has 4 nitrogen and oxygen atoms in total. The first-order chi connectivity index (χ1) is 9.28. The van der Waals surface area contributed by atoms with Crippen molar-refractivity contribution in [1.29, 1.82) is 0 Å². The van der Waals surface area contributed by atoms with Crippen LogP contribution in [0.5, 0.6) is 0 Å². The predicted molar refractivity (Wildman–Crippen MR) is 84.9 cm³/mol. The molecule has 1 unspecified atom stereocenters. The quantitative estimate of drug-likeness (QED) is 0.786. The summed E-state index contributed by atoms with van der Waals surface area (Å²) in [6.07, 6.45) is 0.872. The fourth-order valence-electron chi connectivity index (χ4n) is 1.84. The zero-order valence-electron chi connectivity index (χ0n) is 12.4. The molecule has 0 heterocycles. The third-order valence-corrected chi connectivity index (χ3v) is 5.26. The van der Waals surface area contributed by atoms with E-state index in [2.05, 4.69) is 19.2 Å². The number of halogens is 1. The van der Waals surface area contributed by atoms with Crippen molar-refractivity contribution < 1.29 is 8.42 Å². The average Bonchev–Trinajstić information content (AvgIpc) is 2.38. The van der Waals surface area contributed by atoms with Crippen molar-refractivity contribution >= 4 is 27.3 Å². The zero-order chi connectivity index (χ0) is 15.3. The van der Waals surface area contributed by atoms with Crippen LogP contribution >= 0.6 is 11.6 Å². The smallest absolute Gasteiger partial charge is 0.242 e. The van der Waals surface area contributed by atoms with E-state index >= 15 is 0 Å². The fraction of sp³-hybridized carbons (Fsp3) is 0.571. The van der Waals surface area contributed by atoms with Crippen LogP contribution < -0.4 is 5.32 Å². The van der Waals surface area contributed by atoms with Crippen LogP contribution in [0.4, 0.5) is 5.69 Å². The van der Waals surface area contributed by atoms with Crippen LogP contribution in [-0.4, -0.2) is 38.7 Å². The highest BCUT2D eigenvalue weighted by atomic mass is 35.5. The van der Waals surface area contributed by atoms with E-state index in [-0.39, 0.29) is 6.04 Å². The third kappa shape index (κ3) is 4.36. The summed E-state index contributed by atoms with van der Waals surface area (Å²) in [5.74, 6) is 1.06. The molecule has 0 bridgehead atoms. The van der Waals surface area contributed by atoms with Gasteiger partial charge in [0.15, 0.2) is 0 Å². The highest BCUT2D eigenvalue weighted by Gasteiger charge is 2.17. The molecular weight excluding hydrogens is 296 g/mol. The lowest BCUT2D eigenvalue weighted by Crippen LogP contribution is -2.26. The molecule has 0 aliphatic heterocycles. The number of benzene rings is 1. The molecule has 6 heteroatoms. The standard InChI is InChI=1S/C14H23ClN2O2S/c1-11(2)14(9-10-15)16-12-5-7-13(8-6-12)20(18,19)17(3)4/h5-8,11,14,16H,9-10H2,1-4H3. The van der Waals surface area contributed by atoms with Gasteiger partial charge in [-0.05, 0) is 36.6 Å².